The first-order valence-corrected chi connectivity index (χ1v) is 4.09. The lowest BCUT2D eigenvalue weighted by Crippen LogP contribution is -1.94. The average Bonchev–Trinajstić information content (AvgIpc) is 2.08. The number of aromatic nitrogens is 1. The molecular weight excluding hydrogens is 162 g/mol. The average molecular weight is 173 g/mol. The van der Waals surface area contributed by atoms with Crippen LogP contribution < -0.4 is 11.5 Å². The molecule has 0 spiro atoms. The van der Waals surface area contributed by atoms with E-state index in [1.807, 2.05) is 31.2 Å². The molecule has 66 valence electrons. The van der Waals surface area contributed by atoms with Gasteiger partial charge in [-0.05, 0) is 30.7 Å². The summed E-state index contributed by atoms with van der Waals surface area (Å²) >= 11 is 0. The van der Waals surface area contributed by atoms with Crippen molar-refractivity contribution in [2.45, 2.75) is 6.92 Å². The number of anilines is 2. The van der Waals surface area contributed by atoms with Gasteiger partial charge in [-0.2, -0.15) is 0 Å². The minimum Gasteiger partial charge on any atom is -0.399 e. The summed E-state index contributed by atoms with van der Waals surface area (Å²) in [5.74, 6) is 0.568. The van der Waals surface area contributed by atoms with Gasteiger partial charge in [0.05, 0.1) is 5.52 Å². The highest BCUT2D eigenvalue weighted by Gasteiger charge is 1.99. The number of pyridine rings is 1. The second-order valence-electron chi connectivity index (χ2n) is 3.14. The number of hydrogen-bond donors (Lipinski definition) is 2. The molecule has 1 heterocycles. The topological polar surface area (TPSA) is 64.9 Å². The third-order valence-corrected chi connectivity index (χ3v) is 2.07. The number of nitrogens with two attached hydrogens (primary N) is 2. The SMILES string of the molecule is Cc1cc2ccc(N)cc2nc1N. The number of rotatable bonds is 0. The molecule has 2 aromatic rings. The van der Waals surface area contributed by atoms with E-state index in [0.717, 1.165) is 16.5 Å². The first-order chi connectivity index (χ1) is 6.16. The molecule has 0 aliphatic heterocycles. The highest BCUT2D eigenvalue weighted by Crippen LogP contribution is 2.19. The van der Waals surface area contributed by atoms with Crippen molar-refractivity contribution >= 4 is 22.4 Å². The van der Waals surface area contributed by atoms with Gasteiger partial charge >= 0.3 is 0 Å². The molecule has 0 fully saturated rings. The Morgan fingerprint density at radius 2 is 1.92 bits per heavy atom. The lowest BCUT2D eigenvalue weighted by atomic mass is 10.1. The monoisotopic (exact) mass is 173 g/mol. The number of aryl methyl sites for hydroxylation is 1. The van der Waals surface area contributed by atoms with Crippen LogP contribution in [-0.4, -0.2) is 4.98 Å². The van der Waals surface area contributed by atoms with E-state index in [1.54, 1.807) is 0 Å². The van der Waals surface area contributed by atoms with Crippen molar-refractivity contribution in [3.05, 3.63) is 29.8 Å². The van der Waals surface area contributed by atoms with E-state index < -0.39 is 0 Å². The van der Waals surface area contributed by atoms with Crippen LogP contribution in [0.4, 0.5) is 11.5 Å². The third kappa shape index (κ3) is 1.28. The standard InChI is InChI=1S/C10H11N3/c1-6-4-7-2-3-8(11)5-9(7)13-10(6)12/h2-5H,11H2,1H3,(H2,12,13). The van der Waals surface area contributed by atoms with Crippen LogP contribution in [0.25, 0.3) is 10.9 Å². The van der Waals surface area contributed by atoms with Gasteiger partial charge in [-0.3, -0.25) is 0 Å². The van der Waals surface area contributed by atoms with Gasteiger partial charge in [0.25, 0.3) is 0 Å². The minimum absolute atomic E-state index is 0.568. The van der Waals surface area contributed by atoms with Crippen LogP contribution in [0.1, 0.15) is 5.56 Å². The Labute approximate surface area is 76.4 Å². The van der Waals surface area contributed by atoms with Crippen molar-refractivity contribution in [1.82, 2.24) is 4.98 Å². The van der Waals surface area contributed by atoms with Crippen LogP contribution in [0.3, 0.4) is 0 Å². The zero-order valence-electron chi connectivity index (χ0n) is 7.41. The molecule has 0 saturated heterocycles. The van der Waals surface area contributed by atoms with Crippen LogP contribution in [0, 0.1) is 6.92 Å². The Hall–Kier alpha value is -1.77. The molecule has 0 amide bonds. The molecule has 0 aliphatic carbocycles. The molecule has 0 bridgehead atoms. The lowest BCUT2D eigenvalue weighted by molar-refractivity contribution is 1.34. The van der Waals surface area contributed by atoms with E-state index in [1.165, 1.54) is 0 Å². The minimum atomic E-state index is 0.568. The van der Waals surface area contributed by atoms with Crippen LogP contribution in [-0.2, 0) is 0 Å². The lowest BCUT2D eigenvalue weighted by Gasteiger charge is -2.02. The van der Waals surface area contributed by atoms with Gasteiger partial charge in [0.2, 0.25) is 0 Å². The van der Waals surface area contributed by atoms with Crippen LogP contribution in [0.15, 0.2) is 24.3 Å². The fraction of sp³-hybridized carbons (Fsp3) is 0.100. The van der Waals surface area contributed by atoms with Crippen molar-refractivity contribution < 1.29 is 0 Å². The molecule has 4 N–H and O–H groups in total. The van der Waals surface area contributed by atoms with Gasteiger partial charge in [-0.15, -0.1) is 0 Å². The smallest absolute Gasteiger partial charge is 0.127 e. The first kappa shape index (κ1) is 7.86. The van der Waals surface area contributed by atoms with E-state index in [-0.39, 0.29) is 0 Å². The van der Waals surface area contributed by atoms with E-state index in [9.17, 15) is 0 Å². The fourth-order valence-corrected chi connectivity index (χ4v) is 1.30. The Morgan fingerprint density at radius 1 is 1.15 bits per heavy atom. The Kier molecular flexibility index (Phi) is 1.59. The molecule has 1 aromatic carbocycles. The van der Waals surface area contributed by atoms with Gasteiger partial charge < -0.3 is 11.5 Å². The first-order valence-electron chi connectivity index (χ1n) is 4.09. The largest absolute Gasteiger partial charge is 0.399 e. The van der Waals surface area contributed by atoms with E-state index >= 15 is 0 Å². The van der Waals surface area contributed by atoms with Crippen molar-refractivity contribution in [1.29, 1.82) is 0 Å². The molecule has 0 unspecified atom stereocenters. The molecular formula is C10H11N3. The van der Waals surface area contributed by atoms with Crippen LogP contribution in [0.5, 0.6) is 0 Å². The van der Waals surface area contributed by atoms with Crippen molar-refractivity contribution in [3.63, 3.8) is 0 Å². The molecule has 3 heteroatoms. The highest BCUT2D eigenvalue weighted by molar-refractivity contribution is 5.84. The molecule has 2 rings (SSSR count). The maximum atomic E-state index is 5.68. The molecule has 0 radical (unpaired) electrons. The molecule has 0 saturated carbocycles. The van der Waals surface area contributed by atoms with Gasteiger partial charge in [0.15, 0.2) is 0 Å². The molecule has 0 atom stereocenters. The molecule has 1 aromatic heterocycles. The number of benzene rings is 1. The van der Waals surface area contributed by atoms with Gasteiger partial charge in [-0.1, -0.05) is 6.07 Å². The summed E-state index contributed by atoms with van der Waals surface area (Å²) in [4.78, 5) is 4.23. The highest BCUT2D eigenvalue weighted by atomic mass is 14.8. The van der Waals surface area contributed by atoms with E-state index in [2.05, 4.69) is 4.98 Å². The fourth-order valence-electron chi connectivity index (χ4n) is 1.30. The predicted octanol–water partition coefficient (Wildman–Crippen LogP) is 1.71. The van der Waals surface area contributed by atoms with E-state index in [0.29, 0.717) is 11.5 Å². The Balaban J connectivity index is 2.81. The summed E-state index contributed by atoms with van der Waals surface area (Å²) in [7, 11) is 0. The summed E-state index contributed by atoms with van der Waals surface area (Å²) in [6.07, 6.45) is 0. The zero-order chi connectivity index (χ0) is 9.42. The Morgan fingerprint density at radius 3 is 2.69 bits per heavy atom. The van der Waals surface area contributed by atoms with Crippen LogP contribution >= 0.6 is 0 Å². The summed E-state index contributed by atoms with van der Waals surface area (Å²) in [5.41, 5.74) is 13.9. The summed E-state index contributed by atoms with van der Waals surface area (Å²) in [5, 5.41) is 1.07. The summed E-state index contributed by atoms with van der Waals surface area (Å²) in [6, 6.07) is 7.64. The maximum absolute atomic E-state index is 5.68. The van der Waals surface area contributed by atoms with Crippen LogP contribution in [0.2, 0.25) is 0 Å². The van der Waals surface area contributed by atoms with E-state index in [4.69, 9.17) is 11.5 Å². The summed E-state index contributed by atoms with van der Waals surface area (Å²) in [6.45, 7) is 1.94. The summed E-state index contributed by atoms with van der Waals surface area (Å²) < 4.78 is 0. The number of nitrogens with zero attached hydrogens (tertiary/aromatic N) is 1. The second kappa shape index (κ2) is 2.62. The molecule has 3 nitrogen and oxygen atoms in total. The number of hydrogen-bond acceptors (Lipinski definition) is 3. The normalized spacial score (nSPS) is 10.5. The third-order valence-electron chi connectivity index (χ3n) is 2.07. The Bertz CT molecular complexity index is 463. The molecule has 13 heavy (non-hydrogen) atoms. The van der Waals surface area contributed by atoms with Gasteiger partial charge in [0, 0.05) is 11.1 Å². The predicted molar refractivity (Wildman–Crippen MR) is 55.3 cm³/mol. The second-order valence-corrected chi connectivity index (χ2v) is 3.14. The zero-order valence-corrected chi connectivity index (χ0v) is 7.41. The maximum Gasteiger partial charge on any atom is 0.127 e. The number of fused-ring (bicyclic) bond motifs is 1. The number of nitrogen functional groups attached to an aromatic ring is 2. The van der Waals surface area contributed by atoms with Crippen molar-refractivity contribution in [2.24, 2.45) is 0 Å². The van der Waals surface area contributed by atoms with Crippen molar-refractivity contribution in [3.8, 4) is 0 Å². The van der Waals surface area contributed by atoms with Gasteiger partial charge in [0.1, 0.15) is 5.82 Å². The molecule has 0 aliphatic rings. The van der Waals surface area contributed by atoms with Gasteiger partial charge in [-0.25, -0.2) is 4.98 Å². The quantitative estimate of drug-likeness (QED) is 0.596. The van der Waals surface area contributed by atoms with Crippen molar-refractivity contribution in [2.75, 3.05) is 11.5 Å².